The molecule has 0 radical (unpaired) electrons. The Balaban J connectivity index is 1.71. The monoisotopic (exact) mass is 406 g/mol. The van der Waals surface area contributed by atoms with E-state index in [9.17, 15) is 9.59 Å². The predicted octanol–water partition coefficient (Wildman–Crippen LogP) is 6.19. The fourth-order valence-corrected chi connectivity index (χ4v) is 6.10. The van der Waals surface area contributed by atoms with Crippen LogP contribution in [0, 0.1) is 22.7 Å². The molecule has 0 aliphatic heterocycles. The third-order valence-corrected chi connectivity index (χ3v) is 8.02. The Morgan fingerprint density at radius 2 is 1.87 bits per heavy atom. The minimum atomic E-state index is -0.217. The molecule has 30 heavy (non-hydrogen) atoms. The van der Waals surface area contributed by atoms with Crippen LogP contribution in [0.2, 0.25) is 0 Å². The first-order valence-corrected chi connectivity index (χ1v) is 11.4. The Labute approximate surface area is 180 Å². The lowest BCUT2D eigenvalue weighted by Gasteiger charge is -2.38. The van der Waals surface area contributed by atoms with Gasteiger partial charge in [-0.15, -0.1) is 0 Å². The first-order valence-electron chi connectivity index (χ1n) is 11.4. The van der Waals surface area contributed by atoms with Crippen LogP contribution in [0.5, 0.6) is 0 Å². The molecule has 4 rings (SSSR count). The average Bonchev–Trinajstić information content (AvgIpc) is 2.90. The summed E-state index contributed by atoms with van der Waals surface area (Å²) in [4.78, 5) is 26.2. The summed E-state index contributed by atoms with van der Waals surface area (Å²) < 4.78 is 5.71. The summed E-state index contributed by atoms with van der Waals surface area (Å²) in [6.07, 6.45) is 7.59. The maximum atomic E-state index is 13.1. The van der Waals surface area contributed by atoms with E-state index in [0.717, 1.165) is 54.4 Å². The van der Waals surface area contributed by atoms with E-state index >= 15 is 0 Å². The lowest BCUT2D eigenvalue weighted by Crippen LogP contribution is -2.29. The van der Waals surface area contributed by atoms with Crippen LogP contribution < -0.4 is 0 Å². The zero-order valence-electron chi connectivity index (χ0n) is 18.8. The Bertz CT molecular complexity index is 907. The minimum Gasteiger partial charge on any atom is -0.457 e. The maximum Gasteiger partial charge on any atom is 0.334 e. The molecule has 0 spiro atoms. The number of carbonyl (C=O) groups is 2. The number of fused-ring (bicyclic) bond motifs is 2. The largest absolute Gasteiger partial charge is 0.457 e. The van der Waals surface area contributed by atoms with Crippen LogP contribution in [0.25, 0.3) is 0 Å². The molecule has 1 fully saturated rings. The summed E-state index contributed by atoms with van der Waals surface area (Å²) in [5, 5.41) is 0. The van der Waals surface area contributed by atoms with Gasteiger partial charge in [-0.3, -0.25) is 4.79 Å². The molecule has 0 heterocycles. The van der Waals surface area contributed by atoms with Crippen LogP contribution in [-0.4, -0.2) is 11.8 Å². The number of hydrogen-bond acceptors (Lipinski definition) is 3. The van der Waals surface area contributed by atoms with Crippen molar-refractivity contribution in [2.45, 2.75) is 72.8 Å². The van der Waals surface area contributed by atoms with Crippen molar-refractivity contribution in [1.29, 1.82) is 0 Å². The molecule has 0 bridgehead atoms. The topological polar surface area (TPSA) is 43.4 Å². The van der Waals surface area contributed by atoms with Crippen LogP contribution in [0.3, 0.4) is 0 Å². The molecule has 0 amide bonds. The molecule has 3 aliphatic carbocycles. The van der Waals surface area contributed by atoms with Gasteiger partial charge in [0.15, 0.2) is 5.78 Å². The summed E-state index contributed by atoms with van der Waals surface area (Å²) >= 11 is 0. The number of hydrogen-bond donors (Lipinski definition) is 0. The molecule has 1 saturated carbocycles. The molecule has 0 aromatic heterocycles. The lowest BCUT2D eigenvalue weighted by atomic mass is 9.66. The van der Waals surface area contributed by atoms with Crippen LogP contribution in [0.4, 0.5) is 0 Å². The summed E-state index contributed by atoms with van der Waals surface area (Å²) in [5.74, 6) is 0.915. The molecule has 3 heteroatoms. The van der Waals surface area contributed by atoms with Gasteiger partial charge in [0.2, 0.25) is 0 Å². The van der Waals surface area contributed by atoms with E-state index in [1.165, 1.54) is 0 Å². The quantitative estimate of drug-likeness (QED) is 0.560. The zero-order valence-corrected chi connectivity index (χ0v) is 18.8. The van der Waals surface area contributed by atoms with E-state index in [1.54, 1.807) is 0 Å². The molecule has 0 N–H and O–H groups in total. The summed E-state index contributed by atoms with van der Waals surface area (Å²) in [5.41, 5.74) is 3.67. The number of Topliss-reactive ketones (excluding diaryl/α,β-unsaturated/α-hetero) is 1. The van der Waals surface area contributed by atoms with Gasteiger partial charge in [0, 0.05) is 17.6 Å². The van der Waals surface area contributed by atoms with Gasteiger partial charge in [-0.1, -0.05) is 64.1 Å². The second-order valence-electron chi connectivity index (χ2n) is 10.3. The second kappa shape index (κ2) is 7.83. The molecular formula is C27H34O3. The number of ether oxygens (including phenoxy) is 1. The summed E-state index contributed by atoms with van der Waals surface area (Å²) in [6, 6.07) is 9.81. The van der Waals surface area contributed by atoms with Crippen LogP contribution in [-0.2, 0) is 20.9 Å². The van der Waals surface area contributed by atoms with E-state index in [1.807, 2.05) is 30.3 Å². The number of carbonyl (C=O) groups excluding carboxylic acids is 2. The standard InChI is InChI=1S/C27H34O3/c1-18(2)21-16-24(28)23-15-22-20(25(29)30-17-19-9-6-5-7-10-19)11-8-12-26(22,3)13-14-27(21,23)4/h5-7,9-10,15,18,21H,8,11-14,16-17H2,1-4H3/t21-,26+,27-/m1/s1. The van der Waals surface area contributed by atoms with Gasteiger partial charge in [0.05, 0.1) is 0 Å². The van der Waals surface area contributed by atoms with Crippen molar-refractivity contribution >= 4 is 11.8 Å². The normalized spacial score (nSPS) is 31.2. The molecule has 160 valence electrons. The highest BCUT2D eigenvalue weighted by Crippen LogP contribution is 2.58. The fourth-order valence-electron chi connectivity index (χ4n) is 6.10. The van der Waals surface area contributed by atoms with E-state index < -0.39 is 0 Å². The summed E-state index contributed by atoms with van der Waals surface area (Å²) in [6.45, 7) is 9.32. The molecule has 1 aromatic carbocycles. The summed E-state index contributed by atoms with van der Waals surface area (Å²) in [7, 11) is 0. The third kappa shape index (κ3) is 3.57. The van der Waals surface area contributed by atoms with E-state index in [2.05, 4.69) is 33.8 Å². The highest BCUT2D eigenvalue weighted by Gasteiger charge is 2.52. The van der Waals surface area contributed by atoms with E-state index in [0.29, 0.717) is 18.3 Å². The molecule has 1 aromatic rings. The van der Waals surface area contributed by atoms with Crippen LogP contribution >= 0.6 is 0 Å². The van der Waals surface area contributed by atoms with Crippen LogP contribution in [0.15, 0.2) is 53.1 Å². The number of benzene rings is 1. The Hall–Kier alpha value is -2.16. The zero-order chi connectivity index (χ0) is 21.5. The molecule has 0 saturated heterocycles. The van der Waals surface area contributed by atoms with Crippen molar-refractivity contribution < 1.29 is 14.3 Å². The molecular weight excluding hydrogens is 372 g/mol. The molecule has 3 atom stereocenters. The van der Waals surface area contributed by atoms with Gasteiger partial charge >= 0.3 is 5.97 Å². The number of allylic oxidation sites excluding steroid dienone is 3. The van der Waals surface area contributed by atoms with Crippen molar-refractivity contribution in [1.82, 2.24) is 0 Å². The van der Waals surface area contributed by atoms with Crippen molar-refractivity contribution in [3.05, 3.63) is 58.7 Å². The fraction of sp³-hybridized carbons (Fsp3) is 0.556. The van der Waals surface area contributed by atoms with E-state index in [4.69, 9.17) is 4.74 Å². The maximum absolute atomic E-state index is 13.1. The minimum absolute atomic E-state index is 0.0541. The van der Waals surface area contributed by atoms with Crippen molar-refractivity contribution in [2.75, 3.05) is 0 Å². The SMILES string of the molecule is CC(C)[C@H]1CC(=O)C2=CC3=C(C(=O)OCc4ccccc4)CCC[C@@]3(C)CC[C@@]21C. The number of rotatable bonds is 4. The van der Waals surface area contributed by atoms with Crippen molar-refractivity contribution in [2.24, 2.45) is 22.7 Å². The molecule has 3 aliphatic rings. The van der Waals surface area contributed by atoms with Gasteiger partial charge in [-0.2, -0.15) is 0 Å². The Morgan fingerprint density at radius 1 is 1.13 bits per heavy atom. The van der Waals surface area contributed by atoms with Crippen molar-refractivity contribution in [3.8, 4) is 0 Å². The molecule has 0 unspecified atom stereocenters. The average molecular weight is 407 g/mol. The Morgan fingerprint density at radius 3 is 2.57 bits per heavy atom. The third-order valence-electron chi connectivity index (χ3n) is 8.02. The van der Waals surface area contributed by atoms with Gasteiger partial charge in [0.25, 0.3) is 0 Å². The van der Waals surface area contributed by atoms with Gasteiger partial charge < -0.3 is 4.74 Å². The van der Waals surface area contributed by atoms with E-state index in [-0.39, 0.29) is 29.2 Å². The van der Waals surface area contributed by atoms with Crippen LogP contribution in [0.1, 0.15) is 71.8 Å². The van der Waals surface area contributed by atoms with Gasteiger partial charge in [-0.25, -0.2) is 4.79 Å². The number of esters is 1. The van der Waals surface area contributed by atoms with Gasteiger partial charge in [-0.05, 0) is 65.9 Å². The smallest absolute Gasteiger partial charge is 0.334 e. The first-order chi connectivity index (χ1) is 14.2. The lowest BCUT2D eigenvalue weighted by molar-refractivity contribution is -0.140. The number of ketones is 1. The molecule has 3 nitrogen and oxygen atoms in total. The predicted molar refractivity (Wildman–Crippen MR) is 119 cm³/mol. The second-order valence-corrected chi connectivity index (χ2v) is 10.3. The first kappa shape index (κ1) is 21.1. The highest BCUT2D eigenvalue weighted by molar-refractivity contribution is 6.01. The highest BCUT2D eigenvalue weighted by atomic mass is 16.5. The van der Waals surface area contributed by atoms with Crippen molar-refractivity contribution in [3.63, 3.8) is 0 Å². The Kier molecular flexibility index (Phi) is 5.50. The van der Waals surface area contributed by atoms with Gasteiger partial charge in [0.1, 0.15) is 6.61 Å².